The molecule has 2 aliphatic heterocycles. The van der Waals surface area contributed by atoms with E-state index in [1.165, 1.54) is 0 Å². The van der Waals surface area contributed by atoms with E-state index in [4.69, 9.17) is 4.74 Å². The van der Waals surface area contributed by atoms with Gasteiger partial charge in [-0.15, -0.1) is 0 Å². The quantitative estimate of drug-likeness (QED) is 0.895. The lowest BCUT2D eigenvalue weighted by Gasteiger charge is -2.28. The van der Waals surface area contributed by atoms with E-state index < -0.39 is 11.9 Å². The van der Waals surface area contributed by atoms with E-state index in [0.29, 0.717) is 44.4 Å². The highest BCUT2D eigenvalue weighted by molar-refractivity contribution is 5.73. The molecule has 0 spiro atoms. The van der Waals surface area contributed by atoms with Crippen molar-refractivity contribution in [3.8, 4) is 0 Å². The number of fused-ring (bicyclic) bond motifs is 1. The molecule has 2 amide bonds. The van der Waals surface area contributed by atoms with Crippen LogP contribution in [0.5, 0.6) is 0 Å². The van der Waals surface area contributed by atoms with Crippen LogP contribution in [0.15, 0.2) is 6.20 Å². The number of hydrogen-bond acceptors (Lipinski definition) is 3. The zero-order chi connectivity index (χ0) is 18.0. The Morgan fingerprint density at radius 3 is 2.92 bits per heavy atom. The van der Waals surface area contributed by atoms with Gasteiger partial charge in [-0.2, -0.15) is 13.2 Å². The molecule has 2 aliphatic rings. The maximum atomic E-state index is 12.8. The predicted molar refractivity (Wildman–Crippen MR) is 84.0 cm³/mol. The molecule has 0 bridgehead atoms. The minimum atomic E-state index is -4.42. The Morgan fingerprint density at radius 2 is 2.24 bits per heavy atom. The summed E-state index contributed by atoms with van der Waals surface area (Å²) in [7, 11) is 1.71. The number of ether oxygens (including phenoxy) is 1. The monoisotopic (exact) mass is 360 g/mol. The van der Waals surface area contributed by atoms with Crippen molar-refractivity contribution in [1.29, 1.82) is 0 Å². The van der Waals surface area contributed by atoms with Gasteiger partial charge in [0.2, 0.25) is 0 Å². The number of nitrogens with zero attached hydrogens (tertiary/aromatic N) is 3. The molecule has 1 saturated heterocycles. The molecule has 25 heavy (non-hydrogen) atoms. The zero-order valence-corrected chi connectivity index (χ0v) is 14.2. The van der Waals surface area contributed by atoms with Gasteiger partial charge in [-0.3, -0.25) is 0 Å². The highest BCUT2D eigenvalue weighted by Gasteiger charge is 2.36. The molecule has 140 valence electrons. The number of aromatic nitrogens is 2. The first-order chi connectivity index (χ1) is 11.8. The van der Waals surface area contributed by atoms with Gasteiger partial charge < -0.3 is 19.5 Å². The van der Waals surface area contributed by atoms with Crippen LogP contribution in [0.3, 0.4) is 0 Å². The molecule has 3 heterocycles. The second-order valence-corrected chi connectivity index (χ2v) is 6.89. The summed E-state index contributed by atoms with van der Waals surface area (Å²) in [5.74, 6) is 0.951. The zero-order valence-electron chi connectivity index (χ0n) is 14.2. The number of hydrogen-bond donors (Lipinski definition) is 1. The van der Waals surface area contributed by atoms with Crippen LogP contribution in [0.2, 0.25) is 0 Å². The Bertz CT molecular complexity index is 611. The van der Waals surface area contributed by atoms with Gasteiger partial charge >= 0.3 is 12.2 Å². The standard InChI is InChI=1S/C16H23F3N4O2/c1-22(15(24)20-6-11-4-5-25-10-11)7-12-2-3-14-21-13(16(17,18)19)9-23(14)8-12/h9,11-12H,2-8,10H2,1H3,(H,20,24)/t11-,12+/m0/s1. The van der Waals surface area contributed by atoms with Crippen LogP contribution in [0.1, 0.15) is 24.4 Å². The van der Waals surface area contributed by atoms with Crippen LogP contribution in [-0.2, 0) is 23.9 Å². The van der Waals surface area contributed by atoms with Crippen LogP contribution in [0.4, 0.5) is 18.0 Å². The molecular weight excluding hydrogens is 337 g/mol. The van der Waals surface area contributed by atoms with Gasteiger partial charge in [0, 0.05) is 51.8 Å². The second kappa shape index (κ2) is 7.23. The first-order valence-electron chi connectivity index (χ1n) is 8.53. The molecule has 0 aromatic carbocycles. The van der Waals surface area contributed by atoms with Crippen molar-refractivity contribution in [2.24, 2.45) is 11.8 Å². The van der Waals surface area contributed by atoms with Crippen LogP contribution in [0.25, 0.3) is 0 Å². The molecule has 1 fully saturated rings. The van der Waals surface area contributed by atoms with Crippen molar-refractivity contribution in [3.63, 3.8) is 0 Å². The number of imidazole rings is 1. The number of amides is 2. The van der Waals surface area contributed by atoms with Crippen molar-refractivity contribution < 1.29 is 22.7 Å². The largest absolute Gasteiger partial charge is 0.434 e. The summed E-state index contributed by atoms with van der Waals surface area (Å²) >= 11 is 0. The van der Waals surface area contributed by atoms with Crippen molar-refractivity contribution >= 4 is 6.03 Å². The van der Waals surface area contributed by atoms with Gasteiger partial charge in [0.25, 0.3) is 0 Å². The Hall–Kier alpha value is -1.77. The molecule has 6 nitrogen and oxygen atoms in total. The fraction of sp³-hybridized carbons (Fsp3) is 0.750. The maximum Gasteiger partial charge on any atom is 0.434 e. The molecule has 3 rings (SSSR count). The molecule has 0 radical (unpaired) electrons. The van der Waals surface area contributed by atoms with Crippen molar-refractivity contribution in [3.05, 3.63) is 17.7 Å². The van der Waals surface area contributed by atoms with Gasteiger partial charge in [-0.1, -0.05) is 0 Å². The number of aryl methyl sites for hydroxylation is 1. The fourth-order valence-corrected chi connectivity index (χ4v) is 3.38. The summed E-state index contributed by atoms with van der Waals surface area (Å²) < 4.78 is 45.1. The SMILES string of the molecule is CN(C[C@H]1CCc2nc(C(F)(F)F)cn2C1)C(=O)NC[C@@H]1CCOC1. The van der Waals surface area contributed by atoms with Crippen LogP contribution in [-0.4, -0.2) is 53.8 Å². The molecule has 9 heteroatoms. The third kappa shape index (κ3) is 4.45. The van der Waals surface area contributed by atoms with Gasteiger partial charge in [-0.25, -0.2) is 9.78 Å². The van der Waals surface area contributed by atoms with E-state index >= 15 is 0 Å². The van der Waals surface area contributed by atoms with E-state index in [9.17, 15) is 18.0 Å². The Labute approximate surface area is 144 Å². The van der Waals surface area contributed by atoms with Crippen molar-refractivity contribution in [1.82, 2.24) is 19.8 Å². The number of carbonyl (C=O) groups excluding carboxylic acids is 1. The molecule has 0 saturated carbocycles. The van der Waals surface area contributed by atoms with Gasteiger partial charge in [-0.05, 0) is 18.8 Å². The summed E-state index contributed by atoms with van der Waals surface area (Å²) in [4.78, 5) is 17.4. The van der Waals surface area contributed by atoms with Crippen molar-refractivity contribution in [2.45, 2.75) is 32.0 Å². The number of halogens is 3. The van der Waals surface area contributed by atoms with Gasteiger partial charge in [0.1, 0.15) is 5.82 Å². The smallest absolute Gasteiger partial charge is 0.381 e. The molecule has 0 aliphatic carbocycles. The van der Waals surface area contributed by atoms with E-state index in [1.54, 1.807) is 16.5 Å². The molecule has 0 unspecified atom stereocenters. The second-order valence-electron chi connectivity index (χ2n) is 6.89. The number of carbonyl (C=O) groups is 1. The lowest BCUT2D eigenvalue weighted by Crippen LogP contribution is -2.43. The lowest BCUT2D eigenvalue weighted by atomic mass is 9.99. The fourth-order valence-electron chi connectivity index (χ4n) is 3.38. The van der Waals surface area contributed by atoms with Crippen LogP contribution < -0.4 is 5.32 Å². The maximum absolute atomic E-state index is 12.8. The molecule has 1 aromatic rings. The highest BCUT2D eigenvalue weighted by atomic mass is 19.4. The first kappa shape index (κ1) is 18.0. The minimum Gasteiger partial charge on any atom is -0.381 e. The normalized spacial score (nSPS) is 23.4. The average molecular weight is 360 g/mol. The lowest BCUT2D eigenvalue weighted by molar-refractivity contribution is -0.141. The Kier molecular flexibility index (Phi) is 5.21. The first-order valence-corrected chi connectivity index (χ1v) is 8.53. The van der Waals surface area contributed by atoms with Gasteiger partial charge in [0.15, 0.2) is 5.69 Å². The minimum absolute atomic E-state index is 0.119. The average Bonchev–Trinajstić information content (AvgIpc) is 3.20. The summed E-state index contributed by atoms with van der Waals surface area (Å²) in [6.45, 7) is 2.97. The number of alkyl halides is 3. The summed E-state index contributed by atoms with van der Waals surface area (Å²) in [6.07, 6.45) is -1.17. The Morgan fingerprint density at radius 1 is 1.44 bits per heavy atom. The van der Waals surface area contributed by atoms with E-state index in [2.05, 4.69) is 10.3 Å². The van der Waals surface area contributed by atoms with Crippen LogP contribution in [0, 0.1) is 11.8 Å². The third-order valence-electron chi connectivity index (χ3n) is 4.83. The van der Waals surface area contributed by atoms with E-state index in [0.717, 1.165) is 25.6 Å². The number of urea groups is 1. The van der Waals surface area contributed by atoms with E-state index in [-0.39, 0.29) is 11.9 Å². The third-order valence-corrected chi connectivity index (χ3v) is 4.83. The topological polar surface area (TPSA) is 59.4 Å². The van der Waals surface area contributed by atoms with Gasteiger partial charge in [0.05, 0.1) is 6.61 Å². The summed E-state index contributed by atoms with van der Waals surface area (Å²) in [6, 6.07) is -0.153. The molecular formula is C16H23F3N4O2. The molecule has 1 aromatic heterocycles. The number of nitrogens with one attached hydrogen (secondary N) is 1. The number of rotatable bonds is 4. The predicted octanol–water partition coefficient (Wildman–Crippen LogP) is 2.14. The van der Waals surface area contributed by atoms with Crippen molar-refractivity contribution in [2.75, 3.05) is 33.4 Å². The van der Waals surface area contributed by atoms with E-state index in [1.807, 2.05) is 0 Å². The Balaban J connectivity index is 1.50. The molecule has 1 N–H and O–H groups in total. The van der Waals surface area contributed by atoms with Crippen LogP contribution >= 0.6 is 0 Å². The highest BCUT2D eigenvalue weighted by Crippen LogP contribution is 2.30. The summed E-state index contributed by atoms with van der Waals surface area (Å²) in [5, 5.41) is 2.90. The molecule has 2 atom stereocenters. The summed E-state index contributed by atoms with van der Waals surface area (Å²) in [5.41, 5.74) is -0.840.